The van der Waals surface area contributed by atoms with E-state index in [0.717, 1.165) is 0 Å². The summed E-state index contributed by atoms with van der Waals surface area (Å²) in [5, 5.41) is 0. The largest absolute Gasteiger partial charge is 0.469 e. The summed E-state index contributed by atoms with van der Waals surface area (Å²) in [6.07, 6.45) is 1.73. The normalized spacial score (nSPS) is 11.0. The van der Waals surface area contributed by atoms with Crippen LogP contribution in [0.1, 0.15) is 32.6 Å². The summed E-state index contributed by atoms with van der Waals surface area (Å²) in [7, 11) is -4.41. The number of esters is 2. The fourth-order valence-electron chi connectivity index (χ4n) is 1.22. The van der Waals surface area contributed by atoms with Crippen molar-refractivity contribution in [2.45, 2.75) is 32.6 Å². The number of carbonyl (C=O) groups is 2. The topological polar surface area (TPSA) is 119 Å². The van der Waals surface area contributed by atoms with E-state index < -0.39 is 19.8 Å². The molecule has 2 N–H and O–H groups in total. The van der Waals surface area contributed by atoms with Crippen LogP contribution >= 0.6 is 7.82 Å². The number of phosphoric ester groups is 1. The van der Waals surface area contributed by atoms with Crippen LogP contribution in [0.15, 0.2) is 12.2 Å². The van der Waals surface area contributed by atoms with E-state index in [2.05, 4.69) is 11.1 Å². The minimum Gasteiger partial charge on any atom is -0.462 e. The number of hydrogen-bond donors (Lipinski definition) is 2. The molecule has 0 aromatic carbocycles. The molecule has 0 amide bonds. The summed E-state index contributed by atoms with van der Waals surface area (Å²) >= 11 is 0. The monoisotopic (exact) mass is 324 g/mol. The molecule has 0 aromatic heterocycles. The van der Waals surface area contributed by atoms with E-state index in [1.807, 2.05) is 0 Å². The Balaban J connectivity index is 3.45. The van der Waals surface area contributed by atoms with Gasteiger partial charge in [-0.25, -0.2) is 9.36 Å². The number of rotatable bonds is 11. The maximum Gasteiger partial charge on any atom is 0.469 e. The van der Waals surface area contributed by atoms with E-state index in [0.29, 0.717) is 19.3 Å². The Kier molecular flexibility index (Phi) is 9.90. The minimum absolute atomic E-state index is 0.0147. The minimum atomic E-state index is -4.41. The SMILES string of the molecule is C=C(C)C(=O)OCCOC(=O)CCCCCOP(=O)(O)O. The molecule has 0 saturated heterocycles. The Labute approximate surface area is 123 Å². The van der Waals surface area contributed by atoms with E-state index in [1.165, 1.54) is 6.92 Å². The Hall–Kier alpha value is -1.21. The van der Waals surface area contributed by atoms with Crippen molar-refractivity contribution in [1.29, 1.82) is 0 Å². The van der Waals surface area contributed by atoms with Crippen molar-refractivity contribution in [3.63, 3.8) is 0 Å². The van der Waals surface area contributed by atoms with Gasteiger partial charge in [0.25, 0.3) is 0 Å². The van der Waals surface area contributed by atoms with Crippen molar-refractivity contribution >= 4 is 19.8 Å². The maximum atomic E-state index is 11.3. The lowest BCUT2D eigenvalue weighted by molar-refractivity contribution is -0.150. The molecule has 122 valence electrons. The Morgan fingerprint density at radius 1 is 1.05 bits per heavy atom. The second-order valence-corrected chi connectivity index (χ2v) is 5.51. The molecule has 21 heavy (non-hydrogen) atoms. The van der Waals surface area contributed by atoms with Crippen molar-refractivity contribution in [3.8, 4) is 0 Å². The summed E-state index contributed by atoms with van der Waals surface area (Å²) in [6.45, 7) is 4.83. The molecular formula is C12H21O8P. The molecule has 0 fully saturated rings. The molecule has 0 atom stereocenters. The summed E-state index contributed by atoms with van der Waals surface area (Å²) in [4.78, 5) is 39.1. The predicted molar refractivity (Wildman–Crippen MR) is 73.2 cm³/mol. The number of carbonyl (C=O) groups excluding carboxylic acids is 2. The Morgan fingerprint density at radius 3 is 2.24 bits per heavy atom. The lowest BCUT2D eigenvalue weighted by Crippen LogP contribution is -2.14. The van der Waals surface area contributed by atoms with Gasteiger partial charge in [0.05, 0.1) is 6.61 Å². The quantitative estimate of drug-likeness (QED) is 0.253. The van der Waals surface area contributed by atoms with Crippen LogP contribution in [0.2, 0.25) is 0 Å². The third-order valence-electron chi connectivity index (χ3n) is 2.21. The first-order chi connectivity index (χ1) is 9.72. The third kappa shape index (κ3) is 13.5. The van der Waals surface area contributed by atoms with Gasteiger partial charge in [-0.3, -0.25) is 9.32 Å². The molecule has 0 radical (unpaired) electrons. The standard InChI is InChI=1S/C12H21O8P/c1-10(2)12(14)19-9-8-18-11(13)6-4-3-5-7-20-21(15,16)17/h1,3-9H2,2H3,(H2,15,16,17). The van der Waals surface area contributed by atoms with Gasteiger partial charge < -0.3 is 19.3 Å². The first-order valence-electron chi connectivity index (χ1n) is 6.40. The average molecular weight is 324 g/mol. The molecule has 0 saturated carbocycles. The second-order valence-electron chi connectivity index (χ2n) is 4.27. The molecule has 9 heteroatoms. The number of ether oxygens (including phenoxy) is 2. The third-order valence-corrected chi connectivity index (χ3v) is 2.73. The van der Waals surface area contributed by atoms with Gasteiger partial charge in [-0.1, -0.05) is 13.0 Å². The Bertz CT molecular complexity index is 400. The lowest BCUT2D eigenvalue weighted by atomic mass is 10.2. The van der Waals surface area contributed by atoms with E-state index in [1.54, 1.807) is 0 Å². The Morgan fingerprint density at radius 2 is 1.67 bits per heavy atom. The van der Waals surface area contributed by atoms with Crippen LogP contribution in [0.3, 0.4) is 0 Å². The van der Waals surface area contributed by atoms with Crippen LogP contribution in [-0.4, -0.2) is 41.5 Å². The first kappa shape index (κ1) is 19.8. The van der Waals surface area contributed by atoms with Crippen molar-refractivity contribution in [2.24, 2.45) is 0 Å². The molecule has 0 unspecified atom stereocenters. The summed E-state index contributed by atoms with van der Waals surface area (Å²) in [5.41, 5.74) is 0.277. The highest BCUT2D eigenvalue weighted by Crippen LogP contribution is 2.35. The highest BCUT2D eigenvalue weighted by Gasteiger charge is 2.12. The number of unbranched alkanes of at least 4 members (excludes halogenated alkanes) is 2. The molecular weight excluding hydrogens is 303 g/mol. The smallest absolute Gasteiger partial charge is 0.462 e. The summed E-state index contributed by atoms with van der Waals surface area (Å²) < 4.78 is 24.2. The zero-order chi connectivity index (χ0) is 16.3. The van der Waals surface area contributed by atoms with Crippen LogP contribution in [0.4, 0.5) is 0 Å². The molecule has 0 aliphatic heterocycles. The number of phosphoric acid groups is 1. The van der Waals surface area contributed by atoms with Gasteiger partial charge in [-0.15, -0.1) is 0 Å². The molecule has 0 aliphatic carbocycles. The van der Waals surface area contributed by atoms with Crippen molar-refractivity contribution < 1.29 is 37.9 Å². The summed E-state index contributed by atoms with van der Waals surface area (Å²) in [5.74, 6) is -0.951. The van der Waals surface area contributed by atoms with Gasteiger partial charge in [0.1, 0.15) is 13.2 Å². The first-order valence-corrected chi connectivity index (χ1v) is 7.94. The lowest BCUT2D eigenvalue weighted by Gasteiger charge is -2.06. The van der Waals surface area contributed by atoms with Crippen molar-refractivity contribution in [3.05, 3.63) is 12.2 Å². The van der Waals surface area contributed by atoms with E-state index >= 15 is 0 Å². The molecule has 0 heterocycles. The molecule has 8 nitrogen and oxygen atoms in total. The van der Waals surface area contributed by atoms with Crippen LogP contribution in [0.5, 0.6) is 0 Å². The zero-order valence-corrected chi connectivity index (χ0v) is 12.8. The van der Waals surface area contributed by atoms with Gasteiger partial charge in [0, 0.05) is 12.0 Å². The van der Waals surface area contributed by atoms with Gasteiger partial charge >= 0.3 is 19.8 Å². The maximum absolute atomic E-state index is 11.3. The van der Waals surface area contributed by atoms with E-state index in [-0.39, 0.29) is 31.8 Å². The van der Waals surface area contributed by atoms with E-state index in [4.69, 9.17) is 19.3 Å². The zero-order valence-electron chi connectivity index (χ0n) is 11.9. The van der Waals surface area contributed by atoms with Gasteiger partial charge in [0.15, 0.2) is 0 Å². The van der Waals surface area contributed by atoms with Crippen molar-refractivity contribution in [2.75, 3.05) is 19.8 Å². The van der Waals surface area contributed by atoms with Crippen LogP contribution in [0, 0.1) is 0 Å². The molecule has 0 aliphatic rings. The molecule has 0 spiro atoms. The van der Waals surface area contributed by atoms with Crippen LogP contribution in [0.25, 0.3) is 0 Å². The molecule has 0 rings (SSSR count). The highest BCUT2D eigenvalue weighted by molar-refractivity contribution is 7.46. The number of hydrogen-bond acceptors (Lipinski definition) is 6. The average Bonchev–Trinajstić information content (AvgIpc) is 2.37. The molecule has 0 bridgehead atoms. The fourth-order valence-corrected chi connectivity index (χ4v) is 1.58. The van der Waals surface area contributed by atoms with Gasteiger partial charge in [0.2, 0.25) is 0 Å². The van der Waals surface area contributed by atoms with Crippen LogP contribution in [-0.2, 0) is 28.2 Å². The second kappa shape index (κ2) is 10.5. The fraction of sp³-hybridized carbons (Fsp3) is 0.667. The van der Waals surface area contributed by atoms with Crippen molar-refractivity contribution in [1.82, 2.24) is 0 Å². The van der Waals surface area contributed by atoms with E-state index in [9.17, 15) is 14.2 Å². The summed E-state index contributed by atoms with van der Waals surface area (Å²) in [6, 6.07) is 0. The predicted octanol–water partition coefficient (Wildman–Crippen LogP) is 1.32. The van der Waals surface area contributed by atoms with Gasteiger partial charge in [-0.05, 0) is 19.8 Å². The molecule has 0 aromatic rings. The van der Waals surface area contributed by atoms with Gasteiger partial charge in [-0.2, -0.15) is 0 Å². The highest BCUT2D eigenvalue weighted by atomic mass is 31.2. The van der Waals surface area contributed by atoms with Crippen LogP contribution < -0.4 is 0 Å².